The predicted octanol–water partition coefficient (Wildman–Crippen LogP) is 0.957. The van der Waals surface area contributed by atoms with Crippen LogP contribution in [0.4, 0.5) is 0 Å². The van der Waals surface area contributed by atoms with E-state index in [2.05, 4.69) is 6.92 Å². The van der Waals surface area contributed by atoms with Gasteiger partial charge in [-0.05, 0) is 6.42 Å². The van der Waals surface area contributed by atoms with Crippen molar-refractivity contribution in [3.05, 3.63) is 0 Å². The van der Waals surface area contributed by atoms with Crippen molar-refractivity contribution in [3.8, 4) is 0 Å². The van der Waals surface area contributed by atoms with Gasteiger partial charge in [-0.2, -0.15) is 8.42 Å². The number of carbonyl (C=O) groups excluding carboxylic acids is 1. The van der Waals surface area contributed by atoms with Crippen LogP contribution in [0.25, 0.3) is 0 Å². The lowest BCUT2D eigenvalue weighted by molar-refractivity contribution is -0.118. The summed E-state index contributed by atoms with van der Waals surface area (Å²) >= 11 is 0. The molecule has 30 heavy (non-hydrogen) atoms. The van der Waals surface area contributed by atoms with Crippen LogP contribution in [0.15, 0.2) is 0 Å². The molecule has 0 saturated carbocycles. The van der Waals surface area contributed by atoms with Gasteiger partial charge in [-0.1, -0.05) is 58.3 Å². The Kier molecular flexibility index (Phi) is 22.7. The zero-order valence-electron chi connectivity index (χ0n) is 18.5. The molecule has 0 fully saturated rings. The van der Waals surface area contributed by atoms with E-state index < -0.39 is 21.2 Å². The lowest BCUT2D eigenvalue weighted by Crippen LogP contribution is -2.36. The SMILES string of the molecule is CCCCCCCCCCCC(=O)C(CN)S(=O)(=O)O.OCCN(CCO)CCO. The lowest BCUT2D eigenvalue weighted by Gasteiger charge is -2.17. The number of unbranched alkanes of at least 4 members (excludes halogenated alkanes) is 8. The minimum Gasteiger partial charge on any atom is -0.395 e. The number of carbonyl (C=O) groups is 1. The van der Waals surface area contributed by atoms with Crippen molar-refractivity contribution < 1.29 is 33.1 Å². The Bertz CT molecular complexity index is 475. The first-order chi connectivity index (χ1) is 14.3. The molecule has 0 rings (SSSR count). The maximum absolute atomic E-state index is 11.6. The molecular formula is C20H44N2O7S. The summed E-state index contributed by atoms with van der Waals surface area (Å²) in [5.74, 6) is -0.474. The maximum atomic E-state index is 11.6. The molecule has 0 spiro atoms. The fourth-order valence-corrected chi connectivity index (χ4v) is 3.64. The normalized spacial score (nSPS) is 12.5. The van der Waals surface area contributed by atoms with Crippen molar-refractivity contribution in [2.75, 3.05) is 46.0 Å². The van der Waals surface area contributed by atoms with Gasteiger partial charge < -0.3 is 21.1 Å². The molecule has 6 N–H and O–H groups in total. The number of nitrogens with zero attached hydrogens (tertiary/aromatic N) is 1. The van der Waals surface area contributed by atoms with Gasteiger partial charge in [-0.25, -0.2) is 0 Å². The van der Waals surface area contributed by atoms with E-state index in [1.807, 2.05) is 0 Å². The van der Waals surface area contributed by atoms with Gasteiger partial charge in [-0.15, -0.1) is 0 Å². The highest BCUT2D eigenvalue weighted by Gasteiger charge is 2.28. The molecule has 0 amide bonds. The number of nitrogens with two attached hydrogens (primary N) is 1. The van der Waals surface area contributed by atoms with Crippen molar-refractivity contribution in [1.29, 1.82) is 0 Å². The van der Waals surface area contributed by atoms with E-state index in [1.165, 1.54) is 32.1 Å². The first-order valence-corrected chi connectivity index (χ1v) is 12.5. The minimum absolute atomic E-state index is 0.0694. The largest absolute Gasteiger partial charge is 0.395 e. The second-order valence-electron chi connectivity index (χ2n) is 7.30. The standard InChI is InChI=1S/C14H29NO4S.C6H15NO3/c1-2-3-4-5-6-7-8-9-10-11-13(16)14(12-15)20(17,18)19;8-4-1-7(2-5-9)3-6-10/h14H,2-12,15H2,1H3,(H,17,18,19);8-10H,1-6H2. The average Bonchev–Trinajstić information content (AvgIpc) is 2.67. The molecule has 0 aliphatic carbocycles. The van der Waals surface area contributed by atoms with Crippen molar-refractivity contribution >= 4 is 15.9 Å². The molecule has 10 heteroatoms. The van der Waals surface area contributed by atoms with Gasteiger partial charge >= 0.3 is 0 Å². The van der Waals surface area contributed by atoms with Gasteiger partial charge in [0.1, 0.15) is 0 Å². The first kappa shape index (κ1) is 31.6. The molecule has 0 aromatic heterocycles. The van der Waals surface area contributed by atoms with E-state index in [1.54, 1.807) is 4.90 Å². The smallest absolute Gasteiger partial charge is 0.276 e. The van der Waals surface area contributed by atoms with E-state index in [9.17, 15) is 13.2 Å². The molecule has 0 aromatic carbocycles. The molecule has 0 aliphatic rings. The van der Waals surface area contributed by atoms with Crippen molar-refractivity contribution in [1.82, 2.24) is 4.90 Å². The van der Waals surface area contributed by atoms with Crippen LogP contribution in [0, 0.1) is 0 Å². The van der Waals surface area contributed by atoms with Crippen LogP contribution in [0.2, 0.25) is 0 Å². The third-order valence-electron chi connectivity index (χ3n) is 4.71. The van der Waals surface area contributed by atoms with Crippen LogP contribution in [-0.4, -0.2) is 90.2 Å². The highest BCUT2D eigenvalue weighted by atomic mass is 32.2. The number of Topliss-reactive ketones (excluding diaryl/α,β-unsaturated/α-hetero) is 1. The van der Waals surface area contributed by atoms with Gasteiger partial charge in [0.25, 0.3) is 10.1 Å². The Morgan fingerprint density at radius 3 is 1.57 bits per heavy atom. The molecule has 0 heterocycles. The van der Waals surface area contributed by atoms with E-state index >= 15 is 0 Å². The summed E-state index contributed by atoms with van der Waals surface area (Å²) < 4.78 is 30.7. The van der Waals surface area contributed by atoms with Crippen LogP contribution in [-0.2, 0) is 14.9 Å². The number of hydrogen-bond donors (Lipinski definition) is 5. The maximum Gasteiger partial charge on any atom is 0.276 e. The number of hydrogen-bond acceptors (Lipinski definition) is 8. The Morgan fingerprint density at radius 2 is 1.23 bits per heavy atom. The Hall–Kier alpha value is -0.620. The number of aliphatic hydroxyl groups excluding tert-OH is 3. The van der Waals surface area contributed by atoms with Gasteiger partial charge in [-0.3, -0.25) is 14.2 Å². The Morgan fingerprint density at radius 1 is 0.833 bits per heavy atom. The van der Waals surface area contributed by atoms with Crippen LogP contribution < -0.4 is 5.73 Å². The number of aliphatic hydroxyl groups is 3. The zero-order valence-corrected chi connectivity index (χ0v) is 19.4. The minimum atomic E-state index is -4.35. The highest BCUT2D eigenvalue weighted by molar-refractivity contribution is 7.87. The van der Waals surface area contributed by atoms with E-state index in [4.69, 9.17) is 25.6 Å². The van der Waals surface area contributed by atoms with E-state index in [0.717, 1.165) is 19.3 Å². The third-order valence-corrected chi connectivity index (χ3v) is 5.88. The third kappa shape index (κ3) is 19.3. The lowest BCUT2D eigenvalue weighted by atomic mass is 10.0. The second-order valence-corrected chi connectivity index (χ2v) is 8.90. The topological polar surface area (TPSA) is 161 Å². The van der Waals surface area contributed by atoms with Crippen molar-refractivity contribution in [3.63, 3.8) is 0 Å². The molecule has 0 bridgehead atoms. The van der Waals surface area contributed by atoms with Gasteiger partial charge in [0.05, 0.1) is 19.8 Å². The predicted molar refractivity (Wildman–Crippen MR) is 119 cm³/mol. The zero-order chi connectivity index (χ0) is 23.3. The molecule has 1 unspecified atom stereocenters. The molecule has 182 valence electrons. The Labute approximate surface area is 182 Å². The molecular weight excluding hydrogens is 412 g/mol. The summed E-state index contributed by atoms with van der Waals surface area (Å²) in [6.45, 7) is 3.59. The van der Waals surface area contributed by atoms with Gasteiger partial charge in [0.15, 0.2) is 11.0 Å². The van der Waals surface area contributed by atoms with E-state index in [-0.39, 0.29) is 32.8 Å². The quantitative estimate of drug-likeness (QED) is 0.141. The summed E-state index contributed by atoms with van der Waals surface area (Å²) in [6, 6.07) is 0. The summed E-state index contributed by atoms with van der Waals surface area (Å²) in [5, 5.41) is 24.0. The summed E-state index contributed by atoms with van der Waals surface area (Å²) in [4.78, 5) is 13.4. The van der Waals surface area contributed by atoms with Gasteiger partial charge in [0.2, 0.25) is 0 Å². The van der Waals surface area contributed by atoms with Crippen LogP contribution >= 0.6 is 0 Å². The average molecular weight is 457 g/mol. The molecule has 9 nitrogen and oxygen atoms in total. The number of ketones is 1. The molecule has 0 aromatic rings. The van der Waals surface area contributed by atoms with Gasteiger partial charge in [0, 0.05) is 32.6 Å². The van der Waals surface area contributed by atoms with Crippen LogP contribution in [0.3, 0.4) is 0 Å². The monoisotopic (exact) mass is 456 g/mol. The van der Waals surface area contributed by atoms with Crippen LogP contribution in [0.1, 0.15) is 71.1 Å². The van der Waals surface area contributed by atoms with E-state index in [0.29, 0.717) is 26.1 Å². The van der Waals surface area contributed by atoms with Crippen LogP contribution in [0.5, 0.6) is 0 Å². The van der Waals surface area contributed by atoms with Crippen molar-refractivity contribution in [2.45, 2.75) is 76.4 Å². The fraction of sp³-hybridized carbons (Fsp3) is 0.950. The molecule has 0 saturated heterocycles. The fourth-order valence-electron chi connectivity index (χ4n) is 2.95. The second kappa shape index (κ2) is 21.6. The summed E-state index contributed by atoms with van der Waals surface area (Å²) in [6.07, 6.45) is 10.3. The molecule has 0 aliphatic heterocycles. The number of rotatable bonds is 19. The molecule has 1 atom stereocenters. The first-order valence-electron chi connectivity index (χ1n) is 11.0. The van der Waals surface area contributed by atoms with Crippen molar-refractivity contribution in [2.24, 2.45) is 5.73 Å². The summed E-state index contributed by atoms with van der Waals surface area (Å²) in [5.41, 5.74) is 5.21. The molecule has 0 radical (unpaired) electrons. The Balaban J connectivity index is 0. The highest BCUT2D eigenvalue weighted by Crippen LogP contribution is 2.12. The summed E-state index contributed by atoms with van der Waals surface area (Å²) in [7, 11) is -4.35.